The number of anilines is 1. The van der Waals surface area contributed by atoms with E-state index in [2.05, 4.69) is 25.7 Å². The predicted molar refractivity (Wildman–Crippen MR) is 110 cm³/mol. The molecular formula is C21H14FN5O2S. The van der Waals surface area contributed by atoms with Crippen LogP contribution < -0.4 is 9.46 Å². The van der Waals surface area contributed by atoms with Gasteiger partial charge in [-0.25, -0.2) is 18.6 Å². The largest absolute Gasteiger partial charge is 0.496 e. The molecule has 0 aliphatic rings. The molecule has 9 heteroatoms. The number of nitrogens with zero attached hydrogens (tertiary/aromatic N) is 4. The number of fused-ring (bicyclic) bond motifs is 1. The van der Waals surface area contributed by atoms with E-state index in [0.717, 1.165) is 6.20 Å². The van der Waals surface area contributed by atoms with Crippen molar-refractivity contribution in [3.63, 3.8) is 0 Å². The minimum absolute atomic E-state index is 0.266. The average molecular weight is 419 g/mol. The summed E-state index contributed by atoms with van der Waals surface area (Å²) in [5, 5.41) is 9.90. The number of hydrogen-bond donors (Lipinski definition) is 1. The van der Waals surface area contributed by atoms with Crippen LogP contribution in [0.25, 0.3) is 22.0 Å². The maximum absolute atomic E-state index is 14.6. The van der Waals surface area contributed by atoms with Crippen molar-refractivity contribution in [3.05, 3.63) is 72.6 Å². The van der Waals surface area contributed by atoms with E-state index in [-0.39, 0.29) is 5.39 Å². The highest BCUT2D eigenvalue weighted by Crippen LogP contribution is 2.35. The number of nitrogens with one attached hydrogen (secondary N) is 1. The molecule has 0 aliphatic heterocycles. The number of rotatable bonds is 5. The van der Waals surface area contributed by atoms with E-state index < -0.39 is 16.8 Å². The summed E-state index contributed by atoms with van der Waals surface area (Å²) in [6.07, 6.45) is 3.97. The van der Waals surface area contributed by atoms with Crippen LogP contribution in [0.3, 0.4) is 0 Å². The molecule has 0 bridgehead atoms. The van der Waals surface area contributed by atoms with Gasteiger partial charge >= 0.3 is 0 Å². The van der Waals surface area contributed by atoms with Crippen LogP contribution in [0.4, 0.5) is 10.2 Å². The quantitative estimate of drug-likeness (QED) is 0.527. The van der Waals surface area contributed by atoms with E-state index >= 15 is 0 Å². The molecular weight excluding hydrogens is 405 g/mol. The van der Waals surface area contributed by atoms with Crippen LogP contribution in [0.1, 0.15) is 5.56 Å². The van der Waals surface area contributed by atoms with Crippen molar-refractivity contribution in [1.29, 1.82) is 5.26 Å². The molecule has 0 radical (unpaired) electrons. The first-order valence-corrected chi connectivity index (χ1v) is 9.87. The predicted octanol–water partition coefficient (Wildman–Crippen LogP) is 3.85. The third-order valence-electron chi connectivity index (χ3n) is 4.39. The van der Waals surface area contributed by atoms with Crippen molar-refractivity contribution in [2.75, 3.05) is 11.8 Å². The number of nitriles is 1. The molecule has 4 aromatic rings. The zero-order valence-corrected chi connectivity index (χ0v) is 16.5. The molecule has 2 aromatic carbocycles. The van der Waals surface area contributed by atoms with Gasteiger partial charge in [0, 0.05) is 22.5 Å². The average Bonchev–Trinajstić information content (AvgIpc) is 2.79. The summed E-state index contributed by atoms with van der Waals surface area (Å²) < 4.78 is 35.4. The van der Waals surface area contributed by atoms with Crippen LogP contribution in [0.2, 0.25) is 0 Å². The highest BCUT2D eigenvalue weighted by molar-refractivity contribution is 7.86. The number of halogens is 1. The van der Waals surface area contributed by atoms with Gasteiger partial charge in [-0.3, -0.25) is 9.71 Å². The molecule has 0 saturated heterocycles. The van der Waals surface area contributed by atoms with Crippen molar-refractivity contribution in [3.8, 4) is 23.1 Å². The Kier molecular flexibility index (Phi) is 5.32. The van der Waals surface area contributed by atoms with Gasteiger partial charge in [-0.15, -0.1) is 0 Å². The third-order valence-corrected chi connectivity index (χ3v) is 5.47. The number of benzene rings is 2. The fourth-order valence-electron chi connectivity index (χ4n) is 2.98. The smallest absolute Gasteiger partial charge is 0.151 e. The van der Waals surface area contributed by atoms with Gasteiger partial charge < -0.3 is 4.74 Å². The Morgan fingerprint density at radius 1 is 1.13 bits per heavy atom. The fourth-order valence-corrected chi connectivity index (χ4v) is 3.82. The maximum Gasteiger partial charge on any atom is 0.151 e. The summed E-state index contributed by atoms with van der Waals surface area (Å²) in [7, 11) is -0.156. The molecule has 1 atom stereocenters. The van der Waals surface area contributed by atoms with E-state index in [1.54, 1.807) is 36.4 Å². The molecule has 0 spiro atoms. The van der Waals surface area contributed by atoms with E-state index in [4.69, 9.17) is 10.00 Å². The third kappa shape index (κ3) is 3.68. The van der Waals surface area contributed by atoms with Gasteiger partial charge in [0.25, 0.3) is 0 Å². The van der Waals surface area contributed by atoms with Crippen molar-refractivity contribution < 1.29 is 13.3 Å². The zero-order chi connectivity index (χ0) is 21.1. The maximum atomic E-state index is 14.6. The van der Waals surface area contributed by atoms with Crippen LogP contribution in [-0.4, -0.2) is 26.3 Å². The van der Waals surface area contributed by atoms with Crippen LogP contribution >= 0.6 is 0 Å². The molecule has 2 aromatic heterocycles. The Morgan fingerprint density at radius 2 is 2.00 bits per heavy atom. The van der Waals surface area contributed by atoms with Gasteiger partial charge in [-0.1, -0.05) is 6.07 Å². The van der Waals surface area contributed by atoms with Gasteiger partial charge in [0.05, 0.1) is 35.5 Å². The minimum Gasteiger partial charge on any atom is -0.496 e. The van der Waals surface area contributed by atoms with Gasteiger partial charge in [0.15, 0.2) is 11.0 Å². The van der Waals surface area contributed by atoms with E-state index in [1.165, 1.54) is 25.7 Å². The molecule has 7 nitrogen and oxygen atoms in total. The summed E-state index contributed by atoms with van der Waals surface area (Å²) in [5.41, 5.74) is 1.55. The van der Waals surface area contributed by atoms with Crippen molar-refractivity contribution in [2.24, 2.45) is 0 Å². The standard InChI is InChI=1S/C21H14FN5O2S/c1-29-19-8-13(10-23)2-4-16(19)21-15-5-3-14(9-17(15)18(22)11-25-21)30(28)27-20-6-7-24-12-26-20/h2-9,11-12H,1H3,(H,24,26,27). The van der Waals surface area contributed by atoms with Crippen molar-refractivity contribution in [1.82, 2.24) is 15.0 Å². The lowest BCUT2D eigenvalue weighted by Gasteiger charge is -2.12. The number of aromatic nitrogens is 3. The van der Waals surface area contributed by atoms with E-state index in [0.29, 0.717) is 38.7 Å². The molecule has 4 rings (SSSR count). The van der Waals surface area contributed by atoms with Crippen LogP contribution in [0.5, 0.6) is 5.75 Å². The summed E-state index contributed by atoms with van der Waals surface area (Å²) in [6.45, 7) is 0. The lowest BCUT2D eigenvalue weighted by molar-refractivity contribution is 0.416. The number of methoxy groups -OCH3 is 1. The molecule has 30 heavy (non-hydrogen) atoms. The molecule has 2 heterocycles. The first-order chi connectivity index (χ1) is 14.6. The van der Waals surface area contributed by atoms with Gasteiger partial charge in [-0.05, 0) is 36.4 Å². The Hall–Kier alpha value is -3.90. The number of pyridine rings is 1. The summed E-state index contributed by atoms with van der Waals surface area (Å²) >= 11 is 0. The van der Waals surface area contributed by atoms with E-state index in [1.807, 2.05) is 0 Å². The summed E-state index contributed by atoms with van der Waals surface area (Å²) in [5.74, 6) is 0.302. The highest BCUT2D eigenvalue weighted by Gasteiger charge is 2.16. The Labute approximate surface area is 173 Å². The summed E-state index contributed by atoms with van der Waals surface area (Å²) in [4.78, 5) is 12.4. The monoisotopic (exact) mass is 419 g/mol. The molecule has 0 amide bonds. The van der Waals surface area contributed by atoms with Crippen LogP contribution in [0.15, 0.2) is 66.1 Å². The number of hydrogen-bond acceptors (Lipinski definition) is 6. The van der Waals surface area contributed by atoms with Crippen molar-refractivity contribution in [2.45, 2.75) is 4.90 Å². The number of ether oxygens (including phenoxy) is 1. The van der Waals surface area contributed by atoms with E-state index in [9.17, 15) is 8.60 Å². The first-order valence-electron chi connectivity index (χ1n) is 8.72. The van der Waals surface area contributed by atoms with Gasteiger partial charge in [0.1, 0.15) is 23.7 Å². The Morgan fingerprint density at radius 3 is 2.73 bits per heavy atom. The SMILES string of the molecule is COc1cc(C#N)ccc1-c1ncc(F)c2cc(S(=O)Nc3ccncn3)ccc12. The molecule has 0 aliphatic carbocycles. The Balaban J connectivity index is 1.79. The lowest BCUT2D eigenvalue weighted by Crippen LogP contribution is -2.06. The Bertz CT molecular complexity index is 1310. The van der Waals surface area contributed by atoms with Gasteiger partial charge in [0.2, 0.25) is 0 Å². The zero-order valence-electron chi connectivity index (χ0n) is 15.7. The highest BCUT2D eigenvalue weighted by atomic mass is 32.2. The second-order valence-corrected chi connectivity index (χ2v) is 7.37. The summed E-state index contributed by atoms with van der Waals surface area (Å²) in [6, 6.07) is 13.4. The molecule has 1 N–H and O–H groups in total. The molecule has 0 fully saturated rings. The topological polar surface area (TPSA) is 101 Å². The minimum atomic E-state index is -1.65. The van der Waals surface area contributed by atoms with Crippen LogP contribution in [0, 0.1) is 17.1 Å². The molecule has 148 valence electrons. The normalized spacial score (nSPS) is 11.6. The lowest BCUT2D eigenvalue weighted by atomic mass is 10.0. The second-order valence-electron chi connectivity index (χ2n) is 6.15. The first kappa shape index (κ1) is 19.4. The van der Waals surface area contributed by atoms with Crippen molar-refractivity contribution >= 4 is 27.6 Å². The van der Waals surface area contributed by atoms with Crippen LogP contribution in [-0.2, 0) is 11.0 Å². The molecule has 0 saturated carbocycles. The van der Waals surface area contributed by atoms with Gasteiger partial charge in [-0.2, -0.15) is 5.26 Å². The fraction of sp³-hybridized carbons (Fsp3) is 0.0476. The second kappa shape index (κ2) is 8.23. The molecule has 1 unspecified atom stereocenters.